The molecule has 0 heterocycles. The molecule has 0 bridgehead atoms. The molecule has 0 amide bonds. The summed E-state index contributed by atoms with van der Waals surface area (Å²) >= 11 is 0. The number of rotatable bonds is 13. The first-order chi connectivity index (χ1) is 9.24. The van der Waals surface area contributed by atoms with Gasteiger partial charge in [0, 0.05) is 6.42 Å². The van der Waals surface area contributed by atoms with Crippen molar-refractivity contribution in [3.8, 4) is 0 Å². The third-order valence-corrected chi connectivity index (χ3v) is 3.69. The third-order valence-electron chi connectivity index (χ3n) is 3.69. The molecule has 0 N–H and O–H groups in total. The van der Waals surface area contributed by atoms with Crippen LogP contribution >= 0.6 is 0 Å². The summed E-state index contributed by atoms with van der Waals surface area (Å²) in [5, 5.41) is 0. The highest BCUT2D eigenvalue weighted by Gasteiger charge is 2.09. The van der Waals surface area contributed by atoms with Crippen LogP contribution < -0.4 is 0 Å². The molecule has 1 unspecified atom stereocenters. The molecule has 0 aliphatic carbocycles. The van der Waals surface area contributed by atoms with E-state index in [0.717, 1.165) is 31.6 Å². The van der Waals surface area contributed by atoms with Crippen molar-refractivity contribution < 1.29 is 9.53 Å². The molecule has 0 radical (unpaired) electrons. The normalized spacial score (nSPS) is 12.4. The van der Waals surface area contributed by atoms with Crippen LogP contribution in [0.4, 0.5) is 0 Å². The maximum Gasteiger partial charge on any atom is 0.305 e. The molecule has 0 saturated carbocycles. The minimum absolute atomic E-state index is 0.00254. The van der Waals surface area contributed by atoms with Gasteiger partial charge in [-0.05, 0) is 18.8 Å². The molecular formula is C17H34O2. The lowest BCUT2D eigenvalue weighted by atomic mass is 9.94. The van der Waals surface area contributed by atoms with E-state index in [1.54, 1.807) is 0 Å². The molecule has 0 aromatic carbocycles. The second kappa shape index (κ2) is 13.9. The largest absolute Gasteiger partial charge is 0.466 e. The van der Waals surface area contributed by atoms with Gasteiger partial charge >= 0.3 is 5.97 Å². The van der Waals surface area contributed by atoms with Crippen molar-refractivity contribution in [3.63, 3.8) is 0 Å². The fourth-order valence-electron chi connectivity index (χ4n) is 2.46. The molecule has 0 aromatic rings. The fraction of sp³-hybridized carbons (Fsp3) is 0.941. The van der Waals surface area contributed by atoms with Gasteiger partial charge in [0.15, 0.2) is 0 Å². The summed E-state index contributed by atoms with van der Waals surface area (Å²) in [6.45, 7) is 7.26. The van der Waals surface area contributed by atoms with Gasteiger partial charge in [0.2, 0.25) is 0 Å². The highest BCUT2D eigenvalue weighted by molar-refractivity contribution is 5.69. The summed E-state index contributed by atoms with van der Waals surface area (Å²) in [7, 11) is 0. The first kappa shape index (κ1) is 18.5. The number of hydrogen-bond donors (Lipinski definition) is 0. The summed E-state index contributed by atoms with van der Waals surface area (Å²) in [4.78, 5) is 11.5. The Bertz CT molecular complexity index is 201. The predicted molar refractivity (Wildman–Crippen MR) is 82.3 cm³/mol. The van der Waals surface area contributed by atoms with E-state index in [-0.39, 0.29) is 5.97 Å². The lowest BCUT2D eigenvalue weighted by molar-refractivity contribution is -0.144. The minimum Gasteiger partial charge on any atom is -0.466 e. The van der Waals surface area contributed by atoms with E-state index in [1.165, 1.54) is 38.5 Å². The molecule has 0 aliphatic heterocycles. The Kier molecular flexibility index (Phi) is 13.5. The van der Waals surface area contributed by atoms with E-state index in [4.69, 9.17) is 4.74 Å². The zero-order valence-electron chi connectivity index (χ0n) is 13.4. The number of hydrogen-bond acceptors (Lipinski definition) is 2. The Hall–Kier alpha value is -0.530. The molecule has 0 spiro atoms. The van der Waals surface area contributed by atoms with Gasteiger partial charge in [-0.2, -0.15) is 0 Å². The molecule has 0 rings (SSSR count). The third kappa shape index (κ3) is 12.3. The average Bonchev–Trinajstić information content (AvgIpc) is 2.39. The first-order valence-corrected chi connectivity index (χ1v) is 8.40. The first-order valence-electron chi connectivity index (χ1n) is 8.40. The van der Waals surface area contributed by atoms with Gasteiger partial charge in [-0.1, -0.05) is 72.1 Å². The van der Waals surface area contributed by atoms with Crippen molar-refractivity contribution in [1.82, 2.24) is 0 Å². The summed E-state index contributed by atoms with van der Waals surface area (Å²) < 4.78 is 5.33. The Balaban J connectivity index is 3.63. The van der Waals surface area contributed by atoms with E-state index < -0.39 is 0 Å². The molecule has 0 aromatic heterocycles. The van der Waals surface area contributed by atoms with Gasteiger partial charge < -0.3 is 4.74 Å². The van der Waals surface area contributed by atoms with Gasteiger partial charge in [0.1, 0.15) is 0 Å². The second-order valence-corrected chi connectivity index (χ2v) is 5.62. The lowest BCUT2D eigenvalue weighted by Crippen LogP contribution is -2.10. The number of unbranched alkanes of at least 4 members (excludes halogenated alkanes) is 4. The van der Waals surface area contributed by atoms with Crippen LogP contribution in [0.1, 0.15) is 91.4 Å². The quantitative estimate of drug-likeness (QED) is 0.326. The predicted octanol–water partition coefficient (Wildman–Crippen LogP) is 5.50. The number of esters is 1. The summed E-state index contributed by atoms with van der Waals surface area (Å²) in [6, 6.07) is 0. The van der Waals surface area contributed by atoms with E-state index in [1.807, 2.05) is 0 Å². The average molecular weight is 270 g/mol. The fourth-order valence-corrected chi connectivity index (χ4v) is 2.46. The SMILES string of the molecule is CCCCCC(=O)OCCC(CCC)CCCCC. The Morgan fingerprint density at radius 2 is 1.53 bits per heavy atom. The molecule has 2 heteroatoms. The van der Waals surface area contributed by atoms with Crippen molar-refractivity contribution in [1.29, 1.82) is 0 Å². The molecule has 0 aliphatic rings. The van der Waals surface area contributed by atoms with E-state index >= 15 is 0 Å². The standard InChI is InChI=1S/C17H34O2/c1-4-7-9-12-16(11-6-3)14-15-19-17(18)13-10-8-5-2/h16H,4-15H2,1-3H3. The zero-order valence-corrected chi connectivity index (χ0v) is 13.4. The monoisotopic (exact) mass is 270 g/mol. The van der Waals surface area contributed by atoms with E-state index in [0.29, 0.717) is 13.0 Å². The van der Waals surface area contributed by atoms with Crippen molar-refractivity contribution >= 4 is 5.97 Å². The van der Waals surface area contributed by atoms with Crippen LogP contribution in [0.25, 0.3) is 0 Å². The number of ether oxygens (including phenoxy) is 1. The van der Waals surface area contributed by atoms with E-state index in [2.05, 4.69) is 20.8 Å². The molecule has 2 nitrogen and oxygen atoms in total. The van der Waals surface area contributed by atoms with Crippen molar-refractivity contribution in [2.45, 2.75) is 91.4 Å². The van der Waals surface area contributed by atoms with Crippen molar-refractivity contribution in [2.75, 3.05) is 6.61 Å². The molecule has 19 heavy (non-hydrogen) atoms. The molecule has 0 fully saturated rings. The highest BCUT2D eigenvalue weighted by Crippen LogP contribution is 2.19. The molecule has 114 valence electrons. The highest BCUT2D eigenvalue weighted by atomic mass is 16.5. The van der Waals surface area contributed by atoms with Crippen LogP contribution in [0, 0.1) is 5.92 Å². The van der Waals surface area contributed by atoms with E-state index in [9.17, 15) is 4.79 Å². The lowest BCUT2D eigenvalue weighted by Gasteiger charge is -2.15. The Morgan fingerprint density at radius 1 is 0.842 bits per heavy atom. The van der Waals surface area contributed by atoms with Gasteiger partial charge in [-0.3, -0.25) is 4.79 Å². The Morgan fingerprint density at radius 3 is 2.16 bits per heavy atom. The smallest absolute Gasteiger partial charge is 0.305 e. The number of carbonyl (C=O) groups is 1. The molecule has 0 saturated heterocycles. The van der Waals surface area contributed by atoms with Crippen LogP contribution in [0.2, 0.25) is 0 Å². The van der Waals surface area contributed by atoms with Crippen LogP contribution in [-0.2, 0) is 9.53 Å². The maximum atomic E-state index is 11.5. The molecular weight excluding hydrogens is 236 g/mol. The molecule has 1 atom stereocenters. The van der Waals surface area contributed by atoms with Gasteiger partial charge in [-0.25, -0.2) is 0 Å². The summed E-state index contributed by atoms with van der Waals surface area (Å²) in [5.41, 5.74) is 0. The van der Waals surface area contributed by atoms with Gasteiger partial charge in [0.25, 0.3) is 0 Å². The zero-order chi connectivity index (χ0) is 14.3. The minimum atomic E-state index is -0.00254. The van der Waals surface area contributed by atoms with Crippen LogP contribution in [0.15, 0.2) is 0 Å². The Labute approximate surface area is 120 Å². The summed E-state index contributed by atoms with van der Waals surface area (Å²) in [5.74, 6) is 0.747. The van der Waals surface area contributed by atoms with Crippen LogP contribution in [0.3, 0.4) is 0 Å². The second-order valence-electron chi connectivity index (χ2n) is 5.62. The van der Waals surface area contributed by atoms with Crippen molar-refractivity contribution in [3.05, 3.63) is 0 Å². The number of carbonyl (C=O) groups excluding carboxylic acids is 1. The maximum absolute atomic E-state index is 11.5. The van der Waals surface area contributed by atoms with Gasteiger partial charge in [0.05, 0.1) is 6.61 Å². The topological polar surface area (TPSA) is 26.3 Å². The summed E-state index contributed by atoms with van der Waals surface area (Å²) in [6.07, 6.45) is 12.7. The van der Waals surface area contributed by atoms with Crippen LogP contribution in [0.5, 0.6) is 0 Å². The van der Waals surface area contributed by atoms with Crippen LogP contribution in [-0.4, -0.2) is 12.6 Å². The van der Waals surface area contributed by atoms with Crippen molar-refractivity contribution in [2.24, 2.45) is 5.92 Å². The van der Waals surface area contributed by atoms with Gasteiger partial charge in [-0.15, -0.1) is 0 Å².